The van der Waals surface area contributed by atoms with Gasteiger partial charge in [-0.3, -0.25) is 0 Å². The number of benzene rings is 1. The van der Waals surface area contributed by atoms with Gasteiger partial charge in [-0.2, -0.15) is 0 Å². The molecule has 0 aromatic heterocycles. The number of nitrogens with one attached hydrogen (secondary N) is 1. The maximum Gasteiger partial charge on any atom is 0.0296 e. The van der Waals surface area contributed by atoms with Gasteiger partial charge in [0.15, 0.2) is 0 Å². The number of unbranched alkanes of at least 4 members (excludes halogenated alkanes) is 4. The Morgan fingerprint density at radius 2 is 1.48 bits per heavy atom. The van der Waals surface area contributed by atoms with Crippen LogP contribution in [0.4, 0.5) is 0 Å². The van der Waals surface area contributed by atoms with Crippen molar-refractivity contribution in [3.8, 4) is 0 Å². The molecular formula is C20H35N. The van der Waals surface area contributed by atoms with Crippen LogP contribution in [0.1, 0.15) is 89.3 Å². The zero-order valence-corrected chi connectivity index (χ0v) is 14.6. The van der Waals surface area contributed by atoms with Crippen LogP contribution in [0, 0.1) is 6.92 Å². The minimum absolute atomic E-state index is 0.458. The first-order valence-corrected chi connectivity index (χ1v) is 9.00. The van der Waals surface area contributed by atoms with Gasteiger partial charge in [0, 0.05) is 12.1 Å². The average molecular weight is 290 g/mol. The summed E-state index contributed by atoms with van der Waals surface area (Å²) in [6.45, 7) is 9.11. The van der Waals surface area contributed by atoms with Crippen LogP contribution in [-0.2, 0) is 0 Å². The first kappa shape index (κ1) is 18.2. The summed E-state index contributed by atoms with van der Waals surface area (Å²) in [5, 5.41) is 3.89. The Kier molecular flexibility index (Phi) is 9.41. The van der Waals surface area contributed by atoms with E-state index in [9.17, 15) is 0 Å². The summed E-state index contributed by atoms with van der Waals surface area (Å²) >= 11 is 0. The van der Waals surface area contributed by atoms with E-state index in [-0.39, 0.29) is 0 Å². The fourth-order valence-corrected chi connectivity index (χ4v) is 3.11. The van der Waals surface area contributed by atoms with E-state index in [0.29, 0.717) is 12.1 Å². The van der Waals surface area contributed by atoms with Gasteiger partial charge in [0.2, 0.25) is 0 Å². The minimum atomic E-state index is 0.458. The lowest BCUT2D eigenvalue weighted by Crippen LogP contribution is -2.32. The summed E-state index contributed by atoms with van der Waals surface area (Å²) in [4.78, 5) is 0. The highest BCUT2D eigenvalue weighted by molar-refractivity contribution is 5.28. The molecule has 1 N–H and O–H groups in total. The highest BCUT2D eigenvalue weighted by Crippen LogP contribution is 2.20. The lowest BCUT2D eigenvalue weighted by atomic mass is 9.98. The molecule has 1 nitrogen and oxygen atoms in total. The molecule has 0 saturated carbocycles. The van der Waals surface area contributed by atoms with Gasteiger partial charge in [-0.25, -0.2) is 0 Å². The Hall–Kier alpha value is -0.820. The highest BCUT2D eigenvalue weighted by Gasteiger charge is 2.14. The second-order valence-corrected chi connectivity index (χ2v) is 6.43. The van der Waals surface area contributed by atoms with Gasteiger partial charge in [0.1, 0.15) is 0 Å². The van der Waals surface area contributed by atoms with Crippen molar-refractivity contribution in [2.45, 2.75) is 91.1 Å². The van der Waals surface area contributed by atoms with Crippen molar-refractivity contribution in [1.82, 2.24) is 5.32 Å². The minimum Gasteiger partial charge on any atom is -0.307 e. The van der Waals surface area contributed by atoms with E-state index in [4.69, 9.17) is 0 Å². The normalized spacial score (nSPS) is 12.8. The van der Waals surface area contributed by atoms with Crippen LogP contribution in [0.25, 0.3) is 0 Å². The zero-order valence-electron chi connectivity index (χ0n) is 14.6. The maximum absolute atomic E-state index is 3.89. The van der Waals surface area contributed by atoms with Crippen LogP contribution in [0.5, 0.6) is 0 Å². The quantitative estimate of drug-likeness (QED) is 0.480. The van der Waals surface area contributed by atoms with E-state index in [0.717, 1.165) is 0 Å². The molecule has 1 heteroatoms. The molecule has 0 unspecified atom stereocenters. The van der Waals surface area contributed by atoms with Crippen LogP contribution < -0.4 is 5.32 Å². The number of aryl methyl sites for hydroxylation is 1. The molecular weight excluding hydrogens is 254 g/mol. The van der Waals surface area contributed by atoms with Crippen molar-refractivity contribution in [2.75, 3.05) is 0 Å². The summed E-state index contributed by atoms with van der Waals surface area (Å²) in [5.74, 6) is 0. The van der Waals surface area contributed by atoms with Gasteiger partial charge in [-0.15, -0.1) is 0 Å². The molecule has 0 heterocycles. The molecule has 0 spiro atoms. The van der Waals surface area contributed by atoms with E-state index in [2.05, 4.69) is 57.3 Å². The molecule has 0 aliphatic carbocycles. The largest absolute Gasteiger partial charge is 0.307 e. The third-order valence-electron chi connectivity index (χ3n) is 4.45. The van der Waals surface area contributed by atoms with E-state index < -0.39 is 0 Å². The van der Waals surface area contributed by atoms with Crippen molar-refractivity contribution in [3.63, 3.8) is 0 Å². The van der Waals surface area contributed by atoms with Gasteiger partial charge >= 0.3 is 0 Å². The molecule has 21 heavy (non-hydrogen) atoms. The van der Waals surface area contributed by atoms with Crippen molar-refractivity contribution >= 4 is 0 Å². The third kappa shape index (κ3) is 7.13. The summed E-state index contributed by atoms with van der Waals surface area (Å²) in [7, 11) is 0. The molecule has 0 bridgehead atoms. The SMILES string of the molecule is CCCCCC(CCCCC)N[C@@H](C)c1ccccc1C. The Bertz CT molecular complexity index is 362. The van der Waals surface area contributed by atoms with Crippen molar-refractivity contribution in [3.05, 3.63) is 35.4 Å². The van der Waals surface area contributed by atoms with E-state index in [1.165, 1.54) is 62.5 Å². The van der Waals surface area contributed by atoms with E-state index in [1.807, 2.05) is 0 Å². The van der Waals surface area contributed by atoms with Gasteiger partial charge in [-0.05, 0) is 37.8 Å². The average Bonchev–Trinajstić information content (AvgIpc) is 2.48. The number of hydrogen-bond donors (Lipinski definition) is 1. The zero-order chi connectivity index (χ0) is 15.5. The molecule has 0 saturated heterocycles. The van der Waals surface area contributed by atoms with Crippen LogP contribution in [-0.4, -0.2) is 6.04 Å². The summed E-state index contributed by atoms with van der Waals surface area (Å²) in [6, 6.07) is 9.91. The smallest absolute Gasteiger partial charge is 0.0296 e. The van der Waals surface area contributed by atoms with Crippen LogP contribution in [0.15, 0.2) is 24.3 Å². The standard InChI is InChI=1S/C20H35N/c1-5-7-9-14-19(15-10-8-6-2)21-18(4)20-16-12-11-13-17(20)3/h11-13,16,18-19,21H,5-10,14-15H2,1-4H3/t18-/m0/s1. The fraction of sp³-hybridized carbons (Fsp3) is 0.700. The second kappa shape index (κ2) is 10.8. The number of rotatable bonds is 11. The summed E-state index contributed by atoms with van der Waals surface area (Å²) < 4.78 is 0. The predicted molar refractivity (Wildman–Crippen MR) is 94.8 cm³/mol. The molecule has 0 aliphatic rings. The Balaban J connectivity index is 2.54. The molecule has 0 amide bonds. The maximum atomic E-state index is 3.89. The molecule has 1 atom stereocenters. The summed E-state index contributed by atoms with van der Waals surface area (Å²) in [6.07, 6.45) is 10.7. The van der Waals surface area contributed by atoms with E-state index in [1.54, 1.807) is 0 Å². The Morgan fingerprint density at radius 1 is 0.905 bits per heavy atom. The van der Waals surface area contributed by atoms with Gasteiger partial charge in [0.25, 0.3) is 0 Å². The molecule has 0 fully saturated rings. The molecule has 120 valence electrons. The monoisotopic (exact) mass is 289 g/mol. The van der Waals surface area contributed by atoms with Crippen molar-refractivity contribution < 1.29 is 0 Å². The first-order chi connectivity index (χ1) is 10.2. The second-order valence-electron chi connectivity index (χ2n) is 6.43. The summed E-state index contributed by atoms with van der Waals surface area (Å²) in [5.41, 5.74) is 2.85. The van der Waals surface area contributed by atoms with E-state index >= 15 is 0 Å². The van der Waals surface area contributed by atoms with Gasteiger partial charge < -0.3 is 5.32 Å². The first-order valence-electron chi connectivity index (χ1n) is 9.00. The van der Waals surface area contributed by atoms with Gasteiger partial charge in [0.05, 0.1) is 0 Å². The van der Waals surface area contributed by atoms with Crippen LogP contribution in [0.3, 0.4) is 0 Å². The third-order valence-corrected chi connectivity index (χ3v) is 4.45. The Morgan fingerprint density at radius 3 is 2.00 bits per heavy atom. The van der Waals surface area contributed by atoms with Crippen LogP contribution >= 0.6 is 0 Å². The van der Waals surface area contributed by atoms with Crippen molar-refractivity contribution in [1.29, 1.82) is 0 Å². The molecule has 1 aromatic carbocycles. The lowest BCUT2D eigenvalue weighted by molar-refractivity contribution is 0.384. The fourth-order valence-electron chi connectivity index (χ4n) is 3.11. The lowest BCUT2D eigenvalue weighted by Gasteiger charge is -2.25. The number of hydrogen-bond acceptors (Lipinski definition) is 1. The predicted octanol–water partition coefficient (Wildman–Crippen LogP) is 6.17. The molecule has 1 aromatic rings. The topological polar surface area (TPSA) is 12.0 Å². The van der Waals surface area contributed by atoms with Crippen LogP contribution in [0.2, 0.25) is 0 Å². The van der Waals surface area contributed by atoms with Crippen molar-refractivity contribution in [2.24, 2.45) is 0 Å². The highest BCUT2D eigenvalue weighted by atomic mass is 14.9. The van der Waals surface area contributed by atoms with Gasteiger partial charge in [-0.1, -0.05) is 76.6 Å². The molecule has 0 aliphatic heterocycles. The molecule has 0 radical (unpaired) electrons. The molecule has 1 rings (SSSR count). The Labute approximate surface area is 132 Å².